The van der Waals surface area contributed by atoms with Crippen LogP contribution in [-0.2, 0) is 4.79 Å². The molecule has 3 nitrogen and oxygen atoms in total. The van der Waals surface area contributed by atoms with Gasteiger partial charge in [0.25, 0.3) is 0 Å². The average Bonchev–Trinajstić information content (AvgIpc) is 1.95. The molecule has 0 fully saturated rings. The molecule has 1 rings (SSSR count). The van der Waals surface area contributed by atoms with Crippen LogP contribution in [-0.4, -0.2) is 28.2 Å². The molecule has 0 radical (unpaired) electrons. The van der Waals surface area contributed by atoms with E-state index in [0.717, 1.165) is 0 Å². The molecule has 1 aliphatic carbocycles. The molecule has 0 aliphatic heterocycles. The van der Waals surface area contributed by atoms with Crippen LogP contribution in [0.3, 0.4) is 0 Å². The Labute approximate surface area is 64.7 Å². The molecule has 2 N–H and O–H groups in total. The van der Waals surface area contributed by atoms with E-state index in [4.69, 9.17) is 0 Å². The van der Waals surface area contributed by atoms with Crippen LogP contribution in [0.25, 0.3) is 0 Å². The van der Waals surface area contributed by atoms with Crippen LogP contribution in [0.1, 0.15) is 6.92 Å². The van der Waals surface area contributed by atoms with Gasteiger partial charge in [-0.2, -0.15) is 0 Å². The number of hydrogen-bond donors (Lipinski definition) is 2. The molecule has 0 saturated carbocycles. The summed E-state index contributed by atoms with van der Waals surface area (Å²) < 4.78 is 0. The molecule has 0 aromatic heterocycles. The summed E-state index contributed by atoms with van der Waals surface area (Å²) in [4.78, 5) is 10.3. The van der Waals surface area contributed by atoms with Gasteiger partial charge >= 0.3 is 0 Å². The van der Waals surface area contributed by atoms with Gasteiger partial charge in [0.15, 0.2) is 0 Å². The van der Waals surface area contributed by atoms with Gasteiger partial charge in [0, 0.05) is 5.57 Å². The molecule has 2 unspecified atom stereocenters. The first-order valence-corrected chi connectivity index (χ1v) is 3.33. The van der Waals surface area contributed by atoms with Crippen LogP contribution in [0.2, 0.25) is 0 Å². The maximum atomic E-state index is 10.3. The van der Waals surface area contributed by atoms with Crippen LogP contribution in [0, 0.1) is 0 Å². The Morgan fingerprint density at radius 1 is 1.73 bits per heavy atom. The third-order valence-corrected chi connectivity index (χ3v) is 1.73. The van der Waals surface area contributed by atoms with Gasteiger partial charge in [0.1, 0.15) is 18.0 Å². The smallest absolute Gasteiger partial charge is 0.148 e. The highest BCUT2D eigenvalue weighted by Crippen LogP contribution is 2.21. The molecular weight excluding hydrogens is 144 g/mol. The van der Waals surface area contributed by atoms with E-state index in [9.17, 15) is 15.0 Å². The minimum absolute atomic E-state index is 0.206. The van der Waals surface area contributed by atoms with Gasteiger partial charge in [0.05, 0.1) is 0 Å². The van der Waals surface area contributed by atoms with Crippen LogP contribution in [0.15, 0.2) is 23.8 Å². The lowest BCUT2D eigenvalue weighted by Crippen LogP contribution is -2.40. The summed E-state index contributed by atoms with van der Waals surface area (Å²) in [6, 6.07) is 0. The fourth-order valence-corrected chi connectivity index (χ4v) is 0.977. The van der Waals surface area contributed by atoms with Gasteiger partial charge in [-0.1, -0.05) is 18.2 Å². The van der Waals surface area contributed by atoms with Crippen molar-refractivity contribution in [2.24, 2.45) is 0 Å². The van der Waals surface area contributed by atoms with Gasteiger partial charge in [-0.3, -0.25) is 4.79 Å². The predicted octanol–water partition coefficient (Wildman–Crippen LogP) is -0.207. The molecule has 0 heterocycles. The molecule has 0 aromatic rings. The second kappa shape index (κ2) is 2.60. The van der Waals surface area contributed by atoms with Crippen molar-refractivity contribution in [3.63, 3.8) is 0 Å². The first-order valence-electron chi connectivity index (χ1n) is 3.33. The Bertz CT molecular complexity index is 225. The van der Waals surface area contributed by atoms with Crippen molar-refractivity contribution in [3.05, 3.63) is 23.8 Å². The van der Waals surface area contributed by atoms with Gasteiger partial charge in [-0.25, -0.2) is 0 Å². The van der Waals surface area contributed by atoms with Crippen molar-refractivity contribution >= 4 is 6.29 Å². The highest BCUT2D eigenvalue weighted by molar-refractivity contribution is 5.76. The summed E-state index contributed by atoms with van der Waals surface area (Å²) in [5, 5.41) is 18.7. The number of carbonyl (C=O) groups excluding carboxylic acids is 1. The zero-order valence-corrected chi connectivity index (χ0v) is 6.19. The van der Waals surface area contributed by atoms with E-state index in [1.165, 1.54) is 19.1 Å². The van der Waals surface area contributed by atoms with Crippen molar-refractivity contribution in [2.75, 3.05) is 0 Å². The van der Waals surface area contributed by atoms with Gasteiger partial charge in [-0.15, -0.1) is 0 Å². The molecule has 3 heteroatoms. The van der Waals surface area contributed by atoms with E-state index in [1.807, 2.05) is 0 Å². The molecule has 0 saturated heterocycles. The Morgan fingerprint density at radius 2 is 2.36 bits per heavy atom. The van der Waals surface area contributed by atoms with E-state index in [2.05, 4.69) is 0 Å². The Hall–Kier alpha value is -0.930. The topological polar surface area (TPSA) is 57.5 Å². The number of allylic oxidation sites excluding steroid dienone is 2. The minimum Gasteiger partial charge on any atom is -0.385 e. The monoisotopic (exact) mass is 154 g/mol. The number of aldehydes is 1. The molecule has 2 atom stereocenters. The van der Waals surface area contributed by atoms with Crippen LogP contribution < -0.4 is 0 Å². The largest absolute Gasteiger partial charge is 0.385 e. The number of aliphatic hydroxyl groups excluding tert-OH is 1. The fourth-order valence-electron chi connectivity index (χ4n) is 0.977. The molecule has 60 valence electrons. The number of carbonyl (C=O) groups is 1. The van der Waals surface area contributed by atoms with Crippen LogP contribution in [0.5, 0.6) is 0 Å². The highest BCUT2D eigenvalue weighted by Gasteiger charge is 2.31. The maximum Gasteiger partial charge on any atom is 0.148 e. The van der Waals surface area contributed by atoms with E-state index in [0.29, 0.717) is 6.29 Å². The SMILES string of the molecule is CC1(O)C=CC=C(C=O)C1O. The van der Waals surface area contributed by atoms with E-state index < -0.39 is 11.7 Å². The Balaban J connectivity index is 2.94. The van der Waals surface area contributed by atoms with E-state index >= 15 is 0 Å². The molecule has 11 heavy (non-hydrogen) atoms. The second-order valence-corrected chi connectivity index (χ2v) is 2.77. The van der Waals surface area contributed by atoms with Crippen LogP contribution in [0.4, 0.5) is 0 Å². The molecular formula is C8H10O3. The standard InChI is InChI=1S/C8H10O3/c1-8(11)4-2-3-6(5-9)7(8)10/h2-5,7,10-11H,1H3. The third-order valence-electron chi connectivity index (χ3n) is 1.73. The van der Waals surface area contributed by atoms with Gasteiger partial charge < -0.3 is 10.2 Å². The lowest BCUT2D eigenvalue weighted by molar-refractivity contribution is -0.107. The van der Waals surface area contributed by atoms with Gasteiger partial charge in [-0.05, 0) is 6.92 Å². The number of rotatable bonds is 1. The summed E-state index contributed by atoms with van der Waals surface area (Å²) in [6.45, 7) is 1.45. The number of hydrogen-bond acceptors (Lipinski definition) is 3. The van der Waals surface area contributed by atoms with Crippen LogP contribution >= 0.6 is 0 Å². The highest BCUT2D eigenvalue weighted by atomic mass is 16.3. The van der Waals surface area contributed by atoms with Crippen molar-refractivity contribution in [1.82, 2.24) is 0 Å². The first-order chi connectivity index (χ1) is 5.08. The number of aliphatic hydroxyl groups is 2. The Morgan fingerprint density at radius 3 is 2.82 bits per heavy atom. The maximum absolute atomic E-state index is 10.3. The molecule has 0 spiro atoms. The molecule has 1 aliphatic rings. The summed E-state index contributed by atoms with van der Waals surface area (Å²) >= 11 is 0. The van der Waals surface area contributed by atoms with Crippen molar-refractivity contribution in [2.45, 2.75) is 18.6 Å². The van der Waals surface area contributed by atoms with Gasteiger partial charge in [0.2, 0.25) is 0 Å². The first kappa shape index (κ1) is 8.17. The normalized spacial score (nSPS) is 36.6. The molecule has 0 bridgehead atoms. The van der Waals surface area contributed by atoms with E-state index in [1.54, 1.807) is 6.08 Å². The quantitative estimate of drug-likeness (QED) is 0.514. The average molecular weight is 154 g/mol. The third kappa shape index (κ3) is 1.39. The summed E-state index contributed by atoms with van der Waals surface area (Å²) in [7, 11) is 0. The fraction of sp³-hybridized carbons (Fsp3) is 0.375. The Kier molecular flexibility index (Phi) is 1.93. The molecule has 0 amide bonds. The van der Waals surface area contributed by atoms with Crippen molar-refractivity contribution in [3.8, 4) is 0 Å². The second-order valence-electron chi connectivity index (χ2n) is 2.77. The zero-order chi connectivity index (χ0) is 8.48. The minimum atomic E-state index is -1.31. The zero-order valence-electron chi connectivity index (χ0n) is 6.19. The van der Waals surface area contributed by atoms with E-state index in [-0.39, 0.29) is 5.57 Å². The molecule has 0 aromatic carbocycles. The summed E-state index contributed by atoms with van der Waals surface area (Å²) in [6.07, 6.45) is 3.92. The lowest BCUT2D eigenvalue weighted by Gasteiger charge is -2.27. The summed E-state index contributed by atoms with van der Waals surface area (Å²) in [5.74, 6) is 0. The lowest BCUT2D eigenvalue weighted by atomic mass is 9.89. The summed E-state index contributed by atoms with van der Waals surface area (Å²) in [5.41, 5.74) is -1.11. The predicted molar refractivity (Wildman–Crippen MR) is 39.9 cm³/mol. The van der Waals surface area contributed by atoms with Crippen molar-refractivity contribution < 1.29 is 15.0 Å². The van der Waals surface area contributed by atoms with Crippen molar-refractivity contribution in [1.29, 1.82) is 0 Å².